The zero-order valence-electron chi connectivity index (χ0n) is 11.8. The number of aliphatic hydroxyl groups is 1. The van der Waals surface area contributed by atoms with Crippen LogP contribution >= 0.6 is 0 Å². The van der Waals surface area contributed by atoms with Gasteiger partial charge in [0.15, 0.2) is 0 Å². The Hall–Kier alpha value is -2.07. The maximum atomic E-state index is 12.5. The van der Waals surface area contributed by atoms with Crippen molar-refractivity contribution in [1.82, 2.24) is 9.88 Å². The molecule has 4 rings (SSSR count). The van der Waals surface area contributed by atoms with E-state index in [9.17, 15) is 9.90 Å². The molecular weight excluding hydrogens is 264 g/mol. The van der Waals surface area contributed by atoms with E-state index in [0.717, 1.165) is 30.6 Å². The van der Waals surface area contributed by atoms with Crippen LogP contribution in [-0.2, 0) is 11.2 Å². The largest absolute Gasteiger partial charge is 0.396 e. The van der Waals surface area contributed by atoms with Gasteiger partial charge in [-0.3, -0.25) is 4.79 Å². The molecule has 2 aliphatic rings. The molecule has 21 heavy (non-hydrogen) atoms. The quantitative estimate of drug-likeness (QED) is 0.788. The van der Waals surface area contributed by atoms with Crippen LogP contribution in [0, 0.1) is 5.92 Å². The molecule has 0 radical (unpaired) electrons. The molecule has 108 valence electrons. The van der Waals surface area contributed by atoms with Crippen molar-refractivity contribution in [2.24, 2.45) is 5.92 Å². The molecule has 2 aliphatic heterocycles. The predicted molar refractivity (Wildman–Crippen MR) is 80.8 cm³/mol. The number of rotatable bonds is 1. The van der Waals surface area contributed by atoms with Crippen LogP contribution in [0.25, 0.3) is 10.9 Å². The Balaban J connectivity index is 1.84. The van der Waals surface area contributed by atoms with E-state index in [2.05, 4.69) is 23.7 Å². The fourth-order valence-corrected chi connectivity index (χ4v) is 3.76. The Morgan fingerprint density at radius 3 is 3.00 bits per heavy atom. The average Bonchev–Trinajstić information content (AvgIpc) is 2.89. The molecule has 2 N–H and O–H groups in total. The third-order valence-electron chi connectivity index (χ3n) is 4.92. The molecule has 2 atom stereocenters. The Kier molecular flexibility index (Phi) is 2.69. The first-order valence-corrected chi connectivity index (χ1v) is 7.40. The van der Waals surface area contributed by atoms with Gasteiger partial charge >= 0.3 is 0 Å². The molecule has 3 heterocycles. The fourth-order valence-electron chi connectivity index (χ4n) is 3.76. The minimum Gasteiger partial charge on any atom is -0.396 e. The summed E-state index contributed by atoms with van der Waals surface area (Å²) >= 11 is 0. The summed E-state index contributed by atoms with van der Waals surface area (Å²) in [6, 6.07) is 8.31. The van der Waals surface area contributed by atoms with Crippen molar-refractivity contribution in [2.75, 3.05) is 13.2 Å². The number of piperidine rings is 1. The van der Waals surface area contributed by atoms with Crippen molar-refractivity contribution in [3.8, 4) is 0 Å². The number of aliphatic hydroxyl groups excluding tert-OH is 1. The summed E-state index contributed by atoms with van der Waals surface area (Å²) in [7, 11) is 0. The molecule has 1 saturated heterocycles. The lowest BCUT2D eigenvalue weighted by Crippen LogP contribution is -2.46. The second-order valence-electron chi connectivity index (χ2n) is 5.97. The van der Waals surface area contributed by atoms with Gasteiger partial charge < -0.3 is 15.0 Å². The van der Waals surface area contributed by atoms with E-state index in [-0.39, 0.29) is 24.5 Å². The molecule has 1 aromatic carbocycles. The van der Waals surface area contributed by atoms with Gasteiger partial charge in [-0.25, -0.2) is 0 Å². The molecule has 0 bridgehead atoms. The molecular formula is C17H18N2O2. The molecule has 1 aromatic heterocycles. The van der Waals surface area contributed by atoms with Crippen LogP contribution in [0.2, 0.25) is 0 Å². The third kappa shape index (κ3) is 1.69. The summed E-state index contributed by atoms with van der Waals surface area (Å²) in [6.07, 6.45) is 1.62. The first kappa shape index (κ1) is 12.7. The van der Waals surface area contributed by atoms with E-state index in [1.165, 1.54) is 10.9 Å². The van der Waals surface area contributed by atoms with E-state index >= 15 is 0 Å². The van der Waals surface area contributed by atoms with E-state index in [0.29, 0.717) is 5.57 Å². The van der Waals surface area contributed by atoms with Gasteiger partial charge in [0.1, 0.15) is 0 Å². The van der Waals surface area contributed by atoms with Crippen LogP contribution in [0.5, 0.6) is 0 Å². The van der Waals surface area contributed by atoms with Gasteiger partial charge in [-0.2, -0.15) is 0 Å². The smallest absolute Gasteiger partial charge is 0.250 e. The van der Waals surface area contributed by atoms with Crippen molar-refractivity contribution in [3.05, 3.63) is 47.7 Å². The zero-order chi connectivity index (χ0) is 14.6. The van der Waals surface area contributed by atoms with Crippen LogP contribution in [0.3, 0.4) is 0 Å². The highest BCUT2D eigenvalue weighted by molar-refractivity contribution is 5.95. The van der Waals surface area contributed by atoms with E-state index < -0.39 is 0 Å². The van der Waals surface area contributed by atoms with Crippen molar-refractivity contribution in [1.29, 1.82) is 0 Å². The van der Waals surface area contributed by atoms with Crippen molar-refractivity contribution < 1.29 is 9.90 Å². The number of hydrogen-bond acceptors (Lipinski definition) is 2. The predicted octanol–water partition coefficient (Wildman–Crippen LogP) is 2.16. The number of amides is 1. The topological polar surface area (TPSA) is 56.3 Å². The molecule has 0 saturated carbocycles. The molecule has 0 aliphatic carbocycles. The normalized spacial score (nSPS) is 25.1. The highest BCUT2D eigenvalue weighted by Gasteiger charge is 2.41. The third-order valence-corrected chi connectivity index (χ3v) is 4.92. The van der Waals surface area contributed by atoms with Crippen molar-refractivity contribution in [2.45, 2.75) is 18.9 Å². The number of para-hydroxylation sites is 1. The molecule has 2 aromatic rings. The van der Waals surface area contributed by atoms with Gasteiger partial charge in [-0.15, -0.1) is 0 Å². The Morgan fingerprint density at radius 1 is 1.38 bits per heavy atom. The van der Waals surface area contributed by atoms with E-state index in [1.54, 1.807) is 0 Å². The molecule has 4 heteroatoms. The van der Waals surface area contributed by atoms with Gasteiger partial charge in [0.2, 0.25) is 5.91 Å². The Morgan fingerprint density at radius 2 is 2.19 bits per heavy atom. The average molecular weight is 282 g/mol. The summed E-state index contributed by atoms with van der Waals surface area (Å²) in [4.78, 5) is 17.9. The number of nitrogens with zero attached hydrogens (tertiary/aromatic N) is 1. The van der Waals surface area contributed by atoms with Gasteiger partial charge in [0.25, 0.3) is 0 Å². The molecule has 0 spiro atoms. The summed E-state index contributed by atoms with van der Waals surface area (Å²) in [5.74, 6) is -0.134. The number of carbonyl (C=O) groups excluding carboxylic acids is 1. The van der Waals surface area contributed by atoms with Crippen LogP contribution in [0.15, 0.2) is 36.4 Å². The summed E-state index contributed by atoms with van der Waals surface area (Å²) in [6.45, 7) is 4.60. The van der Waals surface area contributed by atoms with Crippen LogP contribution in [-0.4, -0.2) is 34.0 Å². The first-order chi connectivity index (χ1) is 10.2. The highest BCUT2D eigenvalue weighted by atomic mass is 16.3. The number of fused-ring (bicyclic) bond motifs is 5. The maximum Gasteiger partial charge on any atom is 0.250 e. The molecule has 4 nitrogen and oxygen atoms in total. The van der Waals surface area contributed by atoms with Crippen LogP contribution < -0.4 is 0 Å². The lowest BCUT2D eigenvalue weighted by atomic mass is 9.82. The number of aromatic amines is 1. The number of benzene rings is 1. The van der Waals surface area contributed by atoms with Gasteiger partial charge in [0, 0.05) is 34.6 Å². The monoisotopic (exact) mass is 282 g/mol. The minimum absolute atomic E-state index is 0.00499. The van der Waals surface area contributed by atoms with Gasteiger partial charge in [-0.1, -0.05) is 24.8 Å². The SMILES string of the molecule is C=C1C(=O)N2CCc3c([nH]c4ccccc34)[C@H]2C[C@@H]1CO. The summed E-state index contributed by atoms with van der Waals surface area (Å²) < 4.78 is 0. The lowest BCUT2D eigenvalue weighted by molar-refractivity contribution is -0.133. The summed E-state index contributed by atoms with van der Waals surface area (Å²) in [5, 5.41) is 10.8. The number of H-pyrrole nitrogens is 1. The van der Waals surface area contributed by atoms with E-state index in [1.807, 2.05) is 17.0 Å². The van der Waals surface area contributed by atoms with Crippen LogP contribution in [0.4, 0.5) is 0 Å². The van der Waals surface area contributed by atoms with Crippen molar-refractivity contribution >= 4 is 16.8 Å². The minimum atomic E-state index is -0.129. The molecule has 1 amide bonds. The van der Waals surface area contributed by atoms with Crippen molar-refractivity contribution in [3.63, 3.8) is 0 Å². The van der Waals surface area contributed by atoms with E-state index in [4.69, 9.17) is 0 Å². The molecule has 1 fully saturated rings. The lowest BCUT2D eigenvalue weighted by Gasteiger charge is -2.42. The standard InChI is InChI=1S/C17H18N2O2/c1-10-11(9-20)8-15-16-13(6-7-19(15)17(10)21)12-4-2-3-5-14(12)18-16/h2-5,11,15,18,20H,1,6-9H2/t11-,15-/m1/s1. The molecule has 0 unspecified atom stereocenters. The highest BCUT2D eigenvalue weighted by Crippen LogP contribution is 2.42. The Labute approximate surface area is 123 Å². The maximum absolute atomic E-state index is 12.5. The number of nitrogens with one attached hydrogen (secondary N) is 1. The number of carbonyl (C=O) groups is 1. The summed E-state index contributed by atoms with van der Waals surface area (Å²) in [5.41, 5.74) is 4.14. The van der Waals surface area contributed by atoms with Gasteiger partial charge in [-0.05, 0) is 24.5 Å². The number of hydrogen-bond donors (Lipinski definition) is 2. The van der Waals surface area contributed by atoms with Crippen LogP contribution in [0.1, 0.15) is 23.7 Å². The second-order valence-corrected chi connectivity index (χ2v) is 5.97. The number of aromatic nitrogens is 1. The van der Waals surface area contributed by atoms with Gasteiger partial charge in [0.05, 0.1) is 12.6 Å². The first-order valence-electron chi connectivity index (χ1n) is 7.40. The fraction of sp³-hybridized carbons (Fsp3) is 0.353. The zero-order valence-corrected chi connectivity index (χ0v) is 11.8. The second kappa shape index (κ2) is 4.46. The Bertz CT molecular complexity index is 746.